The van der Waals surface area contributed by atoms with E-state index in [1.54, 1.807) is 0 Å². The Morgan fingerprint density at radius 3 is 2.52 bits per heavy atom. The molecule has 15 heteroatoms. The van der Waals surface area contributed by atoms with E-state index in [0.717, 1.165) is 13.8 Å². The van der Waals surface area contributed by atoms with Crippen molar-refractivity contribution in [3.8, 4) is 0 Å². The zero-order valence-electron chi connectivity index (χ0n) is 21.5. The van der Waals surface area contributed by atoms with Crippen LogP contribution in [0.5, 0.6) is 0 Å². The third-order valence-electron chi connectivity index (χ3n) is 6.10. The van der Waals surface area contributed by atoms with Gasteiger partial charge < -0.3 is 31.5 Å². The second-order valence-electron chi connectivity index (χ2n) is 9.61. The van der Waals surface area contributed by atoms with E-state index in [0.29, 0.717) is 18.2 Å². The zero-order chi connectivity index (χ0) is 29.7. The number of β-amino-alcohol motifs (C(OH)–C–C–N with tert-alkyl or cyclic N) is 1. The normalized spacial score (nSPS) is 16.3. The van der Waals surface area contributed by atoms with E-state index in [1.807, 2.05) is 0 Å². The van der Waals surface area contributed by atoms with Gasteiger partial charge in [-0.05, 0) is 43.2 Å². The molecule has 1 aliphatic heterocycles. The number of aliphatic carboxylic acids is 1. The number of guanidine groups is 1. The molecule has 2 heterocycles. The molecule has 0 saturated heterocycles. The molecule has 11 nitrogen and oxygen atoms in total. The Labute approximate surface area is 235 Å². The van der Waals surface area contributed by atoms with Gasteiger partial charge in [-0.15, -0.1) is 0 Å². The van der Waals surface area contributed by atoms with Crippen LogP contribution in [-0.2, 0) is 15.0 Å². The summed E-state index contributed by atoms with van der Waals surface area (Å²) in [5, 5.41) is 29.5. The zero-order valence-corrected chi connectivity index (χ0v) is 23.1. The maximum Gasteiger partial charge on any atom is 0.397 e. The van der Waals surface area contributed by atoms with Crippen molar-refractivity contribution in [2.45, 2.75) is 44.0 Å². The molecule has 0 fully saturated rings. The van der Waals surface area contributed by atoms with Gasteiger partial charge in [0.25, 0.3) is 5.91 Å². The maximum absolute atomic E-state index is 13.6. The van der Waals surface area contributed by atoms with Crippen LogP contribution in [0.4, 0.5) is 18.9 Å². The second kappa shape index (κ2) is 12.6. The Kier molecular flexibility index (Phi) is 9.73. The summed E-state index contributed by atoms with van der Waals surface area (Å²) >= 11 is 3.17. The molecule has 3 rings (SSSR count). The van der Waals surface area contributed by atoms with Crippen LogP contribution in [0.2, 0.25) is 0 Å². The topological polar surface area (TPSA) is 165 Å². The first-order valence-electron chi connectivity index (χ1n) is 12.0. The molecule has 1 aromatic carbocycles. The number of halogens is 4. The number of benzene rings is 1. The van der Waals surface area contributed by atoms with Gasteiger partial charge in [0.15, 0.2) is 5.96 Å². The summed E-state index contributed by atoms with van der Waals surface area (Å²) in [5.41, 5.74) is -1.67. The Hall–Kier alpha value is -3.72. The number of hydrogen-bond acceptors (Lipinski definition) is 8. The van der Waals surface area contributed by atoms with E-state index < -0.39 is 54.5 Å². The van der Waals surface area contributed by atoms with Crippen LogP contribution in [0.15, 0.2) is 46.1 Å². The minimum Gasteiger partial charge on any atom is -0.481 e. The van der Waals surface area contributed by atoms with Gasteiger partial charge in [-0.3, -0.25) is 24.4 Å². The summed E-state index contributed by atoms with van der Waals surface area (Å²) in [6.07, 6.45) is -3.06. The molecule has 0 aliphatic carbocycles. The summed E-state index contributed by atoms with van der Waals surface area (Å²) in [6, 6.07) is 4.22. The van der Waals surface area contributed by atoms with E-state index in [4.69, 9.17) is 0 Å². The molecule has 2 aromatic rings. The number of carbonyl (C=O) groups is 3. The Balaban J connectivity index is 1.68. The number of anilines is 1. The molecule has 0 spiro atoms. The lowest BCUT2D eigenvalue weighted by Crippen LogP contribution is -2.42. The molecule has 6 N–H and O–H groups in total. The lowest BCUT2D eigenvalue weighted by Gasteiger charge is -2.29. The third kappa shape index (κ3) is 8.14. The number of pyridine rings is 1. The van der Waals surface area contributed by atoms with Gasteiger partial charge in [-0.1, -0.05) is 22.0 Å². The van der Waals surface area contributed by atoms with Crippen LogP contribution >= 0.6 is 15.9 Å². The number of carboxylic acid groups (broad SMARTS) is 1. The quantitative estimate of drug-likeness (QED) is 0.246. The number of hydrogen-bond donors (Lipinski definition) is 6. The molecule has 0 saturated carbocycles. The Morgan fingerprint density at radius 2 is 1.90 bits per heavy atom. The molecular formula is C25H28BrF3N6O5. The summed E-state index contributed by atoms with van der Waals surface area (Å²) in [7, 11) is 0. The first-order valence-corrected chi connectivity index (χ1v) is 12.8. The molecule has 40 heavy (non-hydrogen) atoms. The average Bonchev–Trinajstić information content (AvgIpc) is 2.87. The van der Waals surface area contributed by atoms with E-state index >= 15 is 0 Å². The predicted molar refractivity (Wildman–Crippen MR) is 143 cm³/mol. The van der Waals surface area contributed by atoms with Crippen molar-refractivity contribution in [2.24, 2.45) is 4.99 Å². The molecule has 0 radical (unpaired) electrons. The summed E-state index contributed by atoms with van der Waals surface area (Å²) in [4.78, 5) is 44.8. The SMILES string of the molecule is CC(C)(c1cc(Br)cc(C(CC(=O)O)NC(=O)CNC(=O)c2cncc(NC3=NCC(O)CN3)c2)c1)C(F)(F)F. The van der Waals surface area contributed by atoms with Crippen molar-refractivity contribution in [1.29, 1.82) is 0 Å². The highest BCUT2D eigenvalue weighted by Crippen LogP contribution is 2.42. The van der Waals surface area contributed by atoms with Crippen molar-refractivity contribution in [1.82, 2.24) is 20.9 Å². The third-order valence-corrected chi connectivity index (χ3v) is 6.56. The number of aromatic nitrogens is 1. The summed E-state index contributed by atoms with van der Waals surface area (Å²) in [6.45, 7) is 1.98. The summed E-state index contributed by atoms with van der Waals surface area (Å²) in [5.74, 6) is -2.29. The van der Waals surface area contributed by atoms with Crippen molar-refractivity contribution in [2.75, 3.05) is 25.0 Å². The van der Waals surface area contributed by atoms with Crippen LogP contribution in [0.3, 0.4) is 0 Å². The van der Waals surface area contributed by atoms with Gasteiger partial charge in [0, 0.05) is 17.2 Å². The van der Waals surface area contributed by atoms with Crippen LogP contribution in [0.1, 0.15) is 47.8 Å². The molecule has 0 bridgehead atoms. The van der Waals surface area contributed by atoms with Crippen LogP contribution in [-0.4, -0.2) is 70.9 Å². The van der Waals surface area contributed by atoms with Crippen molar-refractivity contribution < 1.29 is 37.8 Å². The van der Waals surface area contributed by atoms with Gasteiger partial charge in [0.1, 0.15) is 0 Å². The number of carboxylic acids is 1. The molecule has 2 amide bonds. The number of aliphatic hydroxyl groups excluding tert-OH is 1. The lowest BCUT2D eigenvalue weighted by molar-refractivity contribution is -0.180. The van der Waals surface area contributed by atoms with Crippen molar-refractivity contribution >= 4 is 45.4 Å². The maximum atomic E-state index is 13.6. The van der Waals surface area contributed by atoms with E-state index in [2.05, 4.69) is 47.2 Å². The minimum atomic E-state index is -4.58. The van der Waals surface area contributed by atoms with Crippen molar-refractivity contribution in [3.05, 3.63) is 57.8 Å². The van der Waals surface area contributed by atoms with Gasteiger partial charge in [0.05, 0.1) is 54.5 Å². The highest BCUT2D eigenvalue weighted by atomic mass is 79.9. The minimum absolute atomic E-state index is 0.113. The fraction of sp³-hybridized carbons (Fsp3) is 0.400. The Bertz CT molecular complexity index is 1300. The number of amides is 2. The number of alkyl halides is 3. The van der Waals surface area contributed by atoms with Gasteiger partial charge >= 0.3 is 12.1 Å². The molecule has 2 unspecified atom stereocenters. The van der Waals surface area contributed by atoms with Crippen LogP contribution in [0.25, 0.3) is 0 Å². The molecule has 1 aromatic heterocycles. The number of aliphatic hydroxyl groups is 1. The number of nitrogens with one attached hydrogen (secondary N) is 4. The van der Waals surface area contributed by atoms with Gasteiger partial charge in [-0.2, -0.15) is 13.2 Å². The second-order valence-corrected chi connectivity index (χ2v) is 10.5. The first kappa shape index (κ1) is 30.8. The van der Waals surface area contributed by atoms with Gasteiger partial charge in [0.2, 0.25) is 5.91 Å². The highest BCUT2D eigenvalue weighted by Gasteiger charge is 2.48. The average molecular weight is 629 g/mol. The molecular weight excluding hydrogens is 601 g/mol. The number of carbonyl (C=O) groups excluding carboxylic acids is 2. The fourth-order valence-corrected chi connectivity index (χ4v) is 4.17. The van der Waals surface area contributed by atoms with E-state index in [9.17, 15) is 37.8 Å². The first-order chi connectivity index (χ1) is 18.7. The number of rotatable bonds is 9. The molecule has 216 valence electrons. The summed E-state index contributed by atoms with van der Waals surface area (Å²) < 4.78 is 41.2. The Morgan fingerprint density at radius 1 is 1.18 bits per heavy atom. The molecule has 2 atom stereocenters. The standard InChI is InChI=1S/C25H28BrF3N6O5/c1-24(2,25(27,28)29)15-3-13(4-16(26)6-15)19(7-21(38)39)35-20(37)12-31-22(40)14-5-17(9-30-8-14)34-23-32-10-18(36)11-33-23/h3-6,8-9,18-19,36H,7,10-12H2,1-2H3,(H,31,40)(H,35,37)(H,38,39)(H2,32,33,34). The van der Waals surface area contributed by atoms with E-state index in [1.165, 1.54) is 36.7 Å². The van der Waals surface area contributed by atoms with Crippen molar-refractivity contribution in [3.63, 3.8) is 0 Å². The predicted octanol–water partition coefficient (Wildman–Crippen LogP) is 2.48. The van der Waals surface area contributed by atoms with Gasteiger partial charge in [-0.25, -0.2) is 0 Å². The largest absolute Gasteiger partial charge is 0.481 e. The number of aliphatic imine (C=N–C) groups is 1. The number of nitrogens with zero attached hydrogens (tertiary/aromatic N) is 2. The van der Waals surface area contributed by atoms with Crippen LogP contribution in [0, 0.1) is 0 Å². The monoisotopic (exact) mass is 628 g/mol. The lowest BCUT2D eigenvalue weighted by atomic mass is 9.82. The molecule has 1 aliphatic rings. The van der Waals surface area contributed by atoms with E-state index in [-0.39, 0.29) is 27.7 Å². The fourth-order valence-electron chi connectivity index (χ4n) is 3.66. The smallest absolute Gasteiger partial charge is 0.397 e. The highest BCUT2D eigenvalue weighted by molar-refractivity contribution is 9.10. The van der Waals surface area contributed by atoms with Crippen LogP contribution < -0.4 is 21.3 Å².